The van der Waals surface area contributed by atoms with E-state index in [2.05, 4.69) is 18.9 Å². The average Bonchev–Trinajstić information content (AvgIpc) is 2.77. The molecule has 0 aliphatic rings. The molecule has 20 heavy (non-hydrogen) atoms. The third-order valence-electron chi connectivity index (χ3n) is 3.31. The maximum Gasteiger partial charge on any atom is 0.326 e. The molecule has 112 valence electrons. The molecule has 0 aromatic carbocycles. The van der Waals surface area contributed by atoms with Gasteiger partial charge in [0.15, 0.2) is 0 Å². The second-order valence-electron chi connectivity index (χ2n) is 5.36. The van der Waals surface area contributed by atoms with Crippen LogP contribution in [0.15, 0.2) is 6.20 Å². The van der Waals surface area contributed by atoms with Gasteiger partial charge in [0.05, 0.1) is 17.5 Å². The van der Waals surface area contributed by atoms with Crippen molar-refractivity contribution < 1.29 is 14.7 Å². The van der Waals surface area contributed by atoms with Crippen molar-refractivity contribution in [3.8, 4) is 0 Å². The molecule has 0 bridgehead atoms. The van der Waals surface area contributed by atoms with Gasteiger partial charge in [-0.15, -0.1) is 0 Å². The van der Waals surface area contributed by atoms with Gasteiger partial charge in [0.25, 0.3) is 5.91 Å². The number of carbonyl (C=O) groups excluding carboxylic acids is 1. The lowest BCUT2D eigenvalue weighted by molar-refractivity contribution is -0.141. The van der Waals surface area contributed by atoms with Gasteiger partial charge in [-0.3, -0.25) is 9.48 Å². The molecule has 0 aliphatic heterocycles. The highest BCUT2D eigenvalue weighted by Crippen LogP contribution is 2.15. The van der Waals surface area contributed by atoms with Crippen molar-refractivity contribution in [3.63, 3.8) is 0 Å². The van der Waals surface area contributed by atoms with Crippen LogP contribution >= 0.6 is 0 Å². The van der Waals surface area contributed by atoms with Gasteiger partial charge < -0.3 is 10.0 Å². The van der Waals surface area contributed by atoms with Crippen LogP contribution in [0, 0.1) is 5.92 Å². The quantitative estimate of drug-likeness (QED) is 0.860. The summed E-state index contributed by atoms with van der Waals surface area (Å²) in [6.45, 7) is 8.37. The molecular weight excluding hydrogens is 258 g/mol. The third kappa shape index (κ3) is 3.37. The van der Waals surface area contributed by atoms with Crippen molar-refractivity contribution in [2.45, 2.75) is 46.7 Å². The maximum absolute atomic E-state index is 12.4. The summed E-state index contributed by atoms with van der Waals surface area (Å²) in [5.41, 5.74) is 1.34. The van der Waals surface area contributed by atoms with Gasteiger partial charge in [-0.2, -0.15) is 5.10 Å². The Morgan fingerprint density at radius 3 is 2.45 bits per heavy atom. The average molecular weight is 281 g/mol. The highest BCUT2D eigenvalue weighted by molar-refractivity contribution is 5.97. The van der Waals surface area contributed by atoms with Crippen molar-refractivity contribution in [1.29, 1.82) is 0 Å². The maximum atomic E-state index is 12.4. The highest BCUT2D eigenvalue weighted by atomic mass is 16.4. The zero-order valence-corrected chi connectivity index (χ0v) is 12.8. The zero-order chi connectivity index (χ0) is 15.4. The van der Waals surface area contributed by atoms with E-state index in [9.17, 15) is 9.59 Å². The van der Waals surface area contributed by atoms with Gasteiger partial charge in [-0.05, 0) is 19.3 Å². The highest BCUT2D eigenvalue weighted by Gasteiger charge is 2.26. The summed E-state index contributed by atoms with van der Waals surface area (Å²) in [4.78, 5) is 24.6. The number of likely N-dealkylation sites (N-methyl/N-ethyl adjacent to an activating group) is 1. The molecule has 0 saturated heterocycles. The number of carbonyl (C=O) groups is 2. The van der Waals surface area contributed by atoms with E-state index >= 15 is 0 Å². The topological polar surface area (TPSA) is 75.4 Å². The molecule has 0 aliphatic carbocycles. The molecule has 0 spiro atoms. The SMILES string of the molecule is CCc1c(C(=O)N(C)C(C)C(=O)O)cnn1CC(C)C. The van der Waals surface area contributed by atoms with Crippen LogP contribution in [0.25, 0.3) is 0 Å². The molecule has 1 aromatic rings. The summed E-state index contributed by atoms with van der Waals surface area (Å²) in [7, 11) is 1.50. The Labute approximate surface area is 119 Å². The first-order valence-corrected chi connectivity index (χ1v) is 6.84. The van der Waals surface area contributed by atoms with E-state index in [-0.39, 0.29) is 5.91 Å². The summed E-state index contributed by atoms with van der Waals surface area (Å²) in [6.07, 6.45) is 2.22. The molecule has 1 amide bonds. The molecule has 6 heteroatoms. The van der Waals surface area contributed by atoms with E-state index in [1.165, 1.54) is 25.1 Å². The minimum absolute atomic E-state index is 0.299. The summed E-state index contributed by atoms with van der Waals surface area (Å²) in [5, 5.41) is 13.2. The Balaban J connectivity index is 3.04. The molecule has 6 nitrogen and oxygen atoms in total. The van der Waals surface area contributed by atoms with E-state index in [0.717, 1.165) is 12.2 Å². The molecule has 1 atom stereocenters. The van der Waals surface area contributed by atoms with Gasteiger partial charge in [-0.1, -0.05) is 20.8 Å². The number of hydrogen-bond donors (Lipinski definition) is 1. The Kier molecular flexibility index (Phi) is 5.30. The third-order valence-corrected chi connectivity index (χ3v) is 3.31. The van der Waals surface area contributed by atoms with E-state index in [1.807, 2.05) is 11.6 Å². The molecular formula is C14H23N3O3. The largest absolute Gasteiger partial charge is 0.480 e. The number of carboxylic acid groups (broad SMARTS) is 1. The number of amides is 1. The van der Waals surface area contributed by atoms with E-state index < -0.39 is 12.0 Å². The Bertz CT molecular complexity index is 494. The Hall–Kier alpha value is -1.85. The lowest BCUT2D eigenvalue weighted by Crippen LogP contribution is -2.40. The number of rotatable bonds is 6. The second kappa shape index (κ2) is 6.54. The summed E-state index contributed by atoms with van der Waals surface area (Å²) in [5.74, 6) is -0.890. The van der Waals surface area contributed by atoms with Gasteiger partial charge in [-0.25, -0.2) is 4.79 Å². The second-order valence-corrected chi connectivity index (χ2v) is 5.36. The molecule has 1 aromatic heterocycles. The standard InChI is InChI=1S/C14H23N3O3/c1-6-12-11(7-15-17(12)8-9(2)3)13(18)16(5)10(4)14(19)20/h7,9-10H,6,8H2,1-5H3,(H,19,20). The van der Waals surface area contributed by atoms with Crippen LogP contribution in [-0.4, -0.2) is 44.8 Å². The molecule has 1 N–H and O–H groups in total. The molecule has 0 saturated carbocycles. The van der Waals surface area contributed by atoms with Crippen LogP contribution < -0.4 is 0 Å². The van der Waals surface area contributed by atoms with Crippen LogP contribution in [0.2, 0.25) is 0 Å². The van der Waals surface area contributed by atoms with Crippen LogP contribution in [0.3, 0.4) is 0 Å². The Morgan fingerprint density at radius 2 is 2.00 bits per heavy atom. The lowest BCUT2D eigenvalue weighted by atomic mass is 10.1. The first-order chi connectivity index (χ1) is 9.29. The fourth-order valence-electron chi connectivity index (χ4n) is 2.00. The minimum atomic E-state index is -1.02. The smallest absolute Gasteiger partial charge is 0.326 e. The predicted octanol–water partition coefficient (Wildman–Crippen LogP) is 1.65. The number of aliphatic carboxylic acids is 1. The molecule has 1 unspecified atom stereocenters. The molecule has 0 radical (unpaired) electrons. The van der Waals surface area contributed by atoms with Gasteiger partial charge in [0.1, 0.15) is 6.04 Å². The van der Waals surface area contributed by atoms with Crippen LogP contribution in [0.1, 0.15) is 43.7 Å². The Morgan fingerprint density at radius 1 is 1.40 bits per heavy atom. The lowest BCUT2D eigenvalue weighted by Gasteiger charge is -2.21. The predicted molar refractivity (Wildman–Crippen MR) is 75.6 cm³/mol. The summed E-state index contributed by atoms with van der Waals surface area (Å²) >= 11 is 0. The van der Waals surface area contributed by atoms with Gasteiger partial charge in [0, 0.05) is 13.6 Å². The van der Waals surface area contributed by atoms with Crippen molar-refractivity contribution in [2.24, 2.45) is 5.92 Å². The first kappa shape index (κ1) is 16.2. The number of nitrogens with zero attached hydrogens (tertiary/aromatic N) is 3. The fraction of sp³-hybridized carbons (Fsp3) is 0.643. The monoisotopic (exact) mass is 281 g/mol. The first-order valence-electron chi connectivity index (χ1n) is 6.84. The molecule has 1 heterocycles. The van der Waals surface area contributed by atoms with Crippen LogP contribution in [-0.2, 0) is 17.8 Å². The summed E-state index contributed by atoms with van der Waals surface area (Å²) in [6, 6.07) is -0.861. The fourth-order valence-corrected chi connectivity index (χ4v) is 2.00. The molecule has 1 rings (SSSR count). The van der Waals surface area contributed by atoms with Crippen molar-refractivity contribution in [3.05, 3.63) is 17.5 Å². The van der Waals surface area contributed by atoms with Crippen LogP contribution in [0.4, 0.5) is 0 Å². The van der Waals surface area contributed by atoms with Gasteiger partial charge in [0.2, 0.25) is 0 Å². The number of carboxylic acids is 1. The normalized spacial score (nSPS) is 12.5. The van der Waals surface area contributed by atoms with Crippen molar-refractivity contribution in [2.75, 3.05) is 7.05 Å². The van der Waals surface area contributed by atoms with Crippen molar-refractivity contribution in [1.82, 2.24) is 14.7 Å². The van der Waals surface area contributed by atoms with E-state index in [1.54, 1.807) is 0 Å². The zero-order valence-electron chi connectivity index (χ0n) is 12.8. The number of aromatic nitrogens is 2. The van der Waals surface area contributed by atoms with E-state index in [4.69, 9.17) is 5.11 Å². The molecule has 0 fully saturated rings. The van der Waals surface area contributed by atoms with Crippen molar-refractivity contribution >= 4 is 11.9 Å². The van der Waals surface area contributed by atoms with Crippen LogP contribution in [0.5, 0.6) is 0 Å². The number of hydrogen-bond acceptors (Lipinski definition) is 3. The minimum Gasteiger partial charge on any atom is -0.480 e. The van der Waals surface area contributed by atoms with E-state index in [0.29, 0.717) is 17.9 Å². The van der Waals surface area contributed by atoms with Gasteiger partial charge >= 0.3 is 5.97 Å². The summed E-state index contributed by atoms with van der Waals surface area (Å²) < 4.78 is 1.83.